The number of unbranched alkanes of at least 4 members (excludes halogenated alkanes) is 6. The maximum Gasteiger partial charge on any atom is 0.397 e. The van der Waals surface area contributed by atoms with Crippen molar-refractivity contribution in [3.63, 3.8) is 0 Å². The van der Waals surface area contributed by atoms with E-state index in [0.717, 1.165) is 12.8 Å². The smallest absolute Gasteiger partial charge is 0.379 e. The van der Waals surface area contributed by atoms with Crippen LogP contribution in [0.4, 0.5) is 0 Å². The molecule has 0 aliphatic heterocycles. The van der Waals surface area contributed by atoms with Crippen LogP contribution in [0.2, 0.25) is 0 Å². The molecule has 0 aromatic heterocycles. The number of nitrogens with zero attached hydrogens (tertiary/aromatic N) is 1. The van der Waals surface area contributed by atoms with Gasteiger partial charge in [0.2, 0.25) is 0 Å². The van der Waals surface area contributed by atoms with Crippen LogP contribution in [0, 0.1) is 0 Å². The second kappa shape index (κ2) is 19.1. The quantitative estimate of drug-likeness (QED) is 0.112. The molecule has 0 saturated carbocycles. The van der Waals surface area contributed by atoms with Gasteiger partial charge in [0, 0.05) is 0 Å². The number of rotatable bonds is 17. The van der Waals surface area contributed by atoms with E-state index in [9.17, 15) is 8.42 Å². The molecule has 182 valence electrons. The summed E-state index contributed by atoms with van der Waals surface area (Å²) in [6.45, 7) is 10.3. The summed E-state index contributed by atoms with van der Waals surface area (Å²) < 4.78 is 38.6. The van der Waals surface area contributed by atoms with Crippen molar-refractivity contribution < 1.29 is 37.2 Å². The van der Waals surface area contributed by atoms with Gasteiger partial charge in [0.25, 0.3) is 0 Å². The molecule has 9 nitrogen and oxygen atoms in total. The lowest BCUT2D eigenvalue weighted by Gasteiger charge is -2.30. The van der Waals surface area contributed by atoms with Crippen LogP contribution in [0.5, 0.6) is 0 Å². The van der Waals surface area contributed by atoms with E-state index in [0.29, 0.717) is 0 Å². The Kier molecular flexibility index (Phi) is 20.1. The Morgan fingerprint density at radius 3 is 1.73 bits per heavy atom. The van der Waals surface area contributed by atoms with E-state index in [1.807, 2.05) is 0 Å². The van der Waals surface area contributed by atoms with Crippen LogP contribution < -0.4 is 0 Å². The molecule has 0 saturated heterocycles. The fourth-order valence-electron chi connectivity index (χ4n) is 2.85. The van der Waals surface area contributed by atoms with E-state index in [1.54, 1.807) is 6.08 Å². The SMILES string of the molecule is C=CC(CCCCCCCCC)OCCOS(=O)(=O)O.CC(O)N(C(C)O)C(C)O. The van der Waals surface area contributed by atoms with Gasteiger partial charge in [-0.25, -0.2) is 9.08 Å². The molecule has 30 heavy (non-hydrogen) atoms. The van der Waals surface area contributed by atoms with Gasteiger partial charge in [-0.05, 0) is 27.2 Å². The summed E-state index contributed by atoms with van der Waals surface area (Å²) in [6, 6.07) is 0. The number of aliphatic hydroxyl groups is 3. The van der Waals surface area contributed by atoms with Gasteiger partial charge in [0.15, 0.2) is 0 Å². The van der Waals surface area contributed by atoms with Crippen molar-refractivity contribution in [2.75, 3.05) is 13.2 Å². The molecule has 0 aliphatic carbocycles. The lowest BCUT2D eigenvalue weighted by atomic mass is 10.1. The second-order valence-electron chi connectivity index (χ2n) is 7.15. The number of hydrogen-bond acceptors (Lipinski definition) is 8. The van der Waals surface area contributed by atoms with Gasteiger partial charge < -0.3 is 20.1 Å². The summed E-state index contributed by atoms with van der Waals surface area (Å²) in [5.74, 6) is 0. The largest absolute Gasteiger partial charge is 0.397 e. The molecule has 0 amide bonds. The number of ether oxygens (including phenoxy) is 1. The monoisotopic (exact) mass is 457 g/mol. The van der Waals surface area contributed by atoms with Gasteiger partial charge in [-0.1, -0.05) is 57.9 Å². The maximum absolute atomic E-state index is 10.3. The molecular weight excluding hydrogens is 414 g/mol. The highest BCUT2D eigenvalue weighted by Crippen LogP contribution is 2.11. The highest BCUT2D eigenvalue weighted by atomic mass is 32.3. The van der Waals surface area contributed by atoms with Crippen LogP contribution in [0.1, 0.15) is 79.1 Å². The summed E-state index contributed by atoms with van der Waals surface area (Å²) in [5, 5.41) is 26.9. The molecule has 0 rings (SSSR count). The number of aliphatic hydroxyl groups excluding tert-OH is 3. The highest BCUT2D eigenvalue weighted by Gasteiger charge is 2.20. The Labute approximate surface area is 182 Å². The molecule has 0 spiro atoms. The first-order chi connectivity index (χ1) is 14.0. The third kappa shape index (κ3) is 20.7. The Bertz CT molecular complexity index is 478. The Balaban J connectivity index is 0. The fraction of sp³-hybridized carbons (Fsp3) is 0.900. The zero-order valence-corrected chi connectivity index (χ0v) is 19.8. The second-order valence-corrected chi connectivity index (χ2v) is 8.24. The van der Waals surface area contributed by atoms with Gasteiger partial charge >= 0.3 is 10.4 Å². The normalized spacial score (nSPS) is 15.8. The van der Waals surface area contributed by atoms with Crippen molar-refractivity contribution in [2.24, 2.45) is 0 Å². The van der Waals surface area contributed by atoms with E-state index in [1.165, 1.54) is 64.2 Å². The number of hydrogen-bond donors (Lipinski definition) is 4. The van der Waals surface area contributed by atoms with Crippen molar-refractivity contribution in [1.82, 2.24) is 4.90 Å². The average Bonchev–Trinajstić information content (AvgIpc) is 2.61. The summed E-state index contributed by atoms with van der Waals surface area (Å²) in [7, 11) is -4.37. The Hall–Kier alpha value is -0.590. The summed E-state index contributed by atoms with van der Waals surface area (Å²) in [6.07, 6.45) is 8.67. The third-order valence-electron chi connectivity index (χ3n) is 4.30. The summed E-state index contributed by atoms with van der Waals surface area (Å²) in [4.78, 5) is 1.17. The van der Waals surface area contributed by atoms with Crippen molar-refractivity contribution >= 4 is 10.4 Å². The van der Waals surface area contributed by atoms with E-state index in [4.69, 9.17) is 24.6 Å². The standard InChI is InChI=1S/C14H28O5S.C6H15NO3/c1-3-5-6-7-8-9-10-11-14(4-2)18-12-13-19-20(15,16)17;1-4(8)7(5(2)9)6(3)10/h4,14H,2-3,5-13H2,1H3,(H,15,16,17);4-6,8-10H,1-3H3. The molecule has 0 heterocycles. The first kappa shape index (κ1) is 31.6. The first-order valence-corrected chi connectivity index (χ1v) is 12.0. The predicted octanol–water partition coefficient (Wildman–Crippen LogP) is 2.82. The van der Waals surface area contributed by atoms with Gasteiger partial charge in [-0.2, -0.15) is 8.42 Å². The van der Waals surface area contributed by atoms with Crippen molar-refractivity contribution in [3.8, 4) is 0 Å². The van der Waals surface area contributed by atoms with Crippen LogP contribution in [0.25, 0.3) is 0 Å². The van der Waals surface area contributed by atoms with E-state index < -0.39 is 29.1 Å². The molecule has 10 heteroatoms. The molecule has 0 aromatic carbocycles. The molecule has 4 atom stereocenters. The van der Waals surface area contributed by atoms with Crippen molar-refractivity contribution in [1.29, 1.82) is 0 Å². The molecular formula is C20H43NO8S. The maximum atomic E-state index is 10.3. The molecule has 0 bridgehead atoms. The summed E-state index contributed by atoms with van der Waals surface area (Å²) >= 11 is 0. The Morgan fingerprint density at radius 1 is 0.900 bits per heavy atom. The van der Waals surface area contributed by atoms with Gasteiger partial charge in [0.1, 0.15) is 18.7 Å². The van der Waals surface area contributed by atoms with Crippen molar-refractivity contribution in [2.45, 2.75) is 104 Å². The van der Waals surface area contributed by atoms with Crippen LogP contribution in [0.15, 0.2) is 12.7 Å². The topological polar surface area (TPSA) is 137 Å². The lowest BCUT2D eigenvalue weighted by molar-refractivity contribution is -0.159. The molecule has 0 radical (unpaired) electrons. The molecule has 4 N–H and O–H groups in total. The zero-order valence-electron chi connectivity index (χ0n) is 18.9. The highest BCUT2D eigenvalue weighted by molar-refractivity contribution is 7.80. The lowest BCUT2D eigenvalue weighted by Crippen LogP contribution is -2.45. The third-order valence-corrected chi connectivity index (χ3v) is 4.76. The Morgan fingerprint density at radius 2 is 1.37 bits per heavy atom. The zero-order chi connectivity index (χ0) is 23.6. The van der Waals surface area contributed by atoms with Gasteiger partial charge in [-0.15, -0.1) is 6.58 Å². The molecule has 0 aromatic rings. The van der Waals surface area contributed by atoms with Gasteiger partial charge in [0.05, 0.1) is 19.3 Å². The first-order valence-electron chi connectivity index (χ1n) is 10.6. The van der Waals surface area contributed by atoms with E-state index >= 15 is 0 Å². The van der Waals surface area contributed by atoms with Crippen LogP contribution >= 0.6 is 0 Å². The van der Waals surface area contributed by atoms with E-state index in [-0.39, 0.29) is 19.3 Å². The minimum Gasteiger partial charge on any atom is -0.379 e. The van der Waals surface area contributed by atoms with Crippen LogP contribution in [-0.2, 0) is 19.3 Å². The molecule has 0 aliphatic rings. The van der Waals surface area contributed by atoms with Crippen LogP contribution in [-0.4, -0.2) is 71.2 Å². The van der Waals surface area contributed by atoms with E-state index in [2.05, 4.69) is 17.7 Å². The van der Waals surface area contributed by atoms with Crippen LogP contribution in [0.3, 0.4) is 0 Å². The molecule has 0 fully saturated rings. The minimum absolute atomic E-state index is 0.0874. The summed E-state index contributed by atoms with van der Waals surface area (Å²) in [5.41, 5.74) is 0. The van der Waals surface area contributed by atoms with Gasteiger partial charge in [-0.3, -0.25) is 4.55 Å². The predicted molar refractivity (Wildman–Crippen MR) is 117 cm³/mol. The minimum atomic E-state index is -4.37. The van der Waals surface area contributed by atoms with Crippen molar-refractivity contribution in [3.05, 3.63) is 12.7 Å². The molecule has 4 unspecified atom stereocenters. The fourth-order valence-corrected chi connectivity index (χ4v) is 3.13. The average molecular weight is 458 g/mol.